The first kappa shape index (κ1) is 29.7. The van der Waals surface area contributed by atoms with Crippen LogP contribution >= 0.6 is 11.8 Å². The van der Waals surface area contributed by atoms with Gasteiger partial charge in [-0.1, -0.05) is 122 Å². The third kappa shape index (κ3) is 4.39. The van der Waals surface area contributed by atoms with Crippen molar-refractivity contribution in [1.29, 1.82) is 0 Å². The Morgan fingerprint density at radius 2 is 1.33 bits per heavy atom. The standard InChI is InChI=1S/C47H34N4S/c1-29-21-23-33(46-45(29)37-16-5-9-20-44(37)52-46)30-22-24-43-38(28-30)36-15-4-8-19-42(36)51(43)47-48-26-25-39(49-47)31-11-10-12-32(27-31)50-40-17-6-2-13-34(40)35-14-3-7-18-41(35)50/h2-29,45,47,49H,1H3. The lowest BCUT2D eigenvalue weighted by Gasteiger charge is -2.25. The Bertz CT molecular complexity index is 2850. The highest BCUT2D eigenvalue weighted by Gasteiger charge is 2.35. The molecule has 2 aromatic heterocycles. The molecule has 0 fully saturated rings. The van der Waals surface area contributed by atoms with Crippen molar-refractivity contribution in [2.45, 2.75) is 24.0 Å². The van der Waals surface area contributed by atoms with E-state index in [2.05, 4.69) is 179 Å². The molecule has 0 radical (unpaired) electrons. The molecule has 8 aromatic rings. The SMILES string of the molecule is CC1C=CC(c2ccc3c(c2)c2ccccc2n3C2N=CC=C(c3cccc(-n4c5ccccc5c5ccccc54)c3)N2)=C2Sc3ccccc3C21. The van der Waals surface area contributed by atoms with Gasteiger partial charge in [0.15, 0.2) is 0 Å². The van der Waals surface area contributed by atoms with Gasteiger partial charge in [0.1, 0.15) is 0 Å². The van der Waals surface area contributed by atoms with Gasteiger partial charge in [-0.15, -0.1) is 0 Å². The molecule has 11 rings (SSSR count). The molecule has 6 aromatic carbocycles. The van der Waals surface area contributed by atoms with Crippen LogP contribution < -0.4 is 5.32 Å². The van der Waals surface area contributed by atoms with E-state index in [0.717, 1.165) is 28.0 Å². The average Bonchev–Trinajstić information content (AvgIpc) is 3.87. The van der Waals surface area contributed by atoms with Crippen LogP contribution in [0.1, 0.15) is 35.8 Å². The van der Waals surface area contributed by atoms with Crippen molar-refractivity contribution in [3.05, 3.63) is 179 Å². The molecule has 4 nitrogen and oxygen atoms in total. The number of aliphatic imine (C=N–C) groups is 1. The first-order valence-corrected chi connectivity index (χ1v) is 18.8. The summed E-state index contributed by atoms with van der Waals surface area (Å²) in [6.45, 7) is 2.35. The monoisotopic (exact) mass is 686 g/mol. The van der Waals surface area contributed by atoms with E-state index < -0.39 is 0 Å². The van der Waals surface area contributed by atoms with Crippen LogP contribution in [-0.2, 0) is 0 Å². The van der Waals surface area contributed by atoms with Gasteiger partial charge in [-0.05, 0) is 82.8 Å². The van der Waals surface area contributed by atoms with E-state index in [0.29, 0.717) is 11.8 Å². The van der Waals surface area contributed by atoms with Crippen molar-refractivity contribution in [2.75, 3.05) is 0 Å². The van der Waals surface area contributed by atoms with Gasteiger partial charge in [0.25, 0.3) is 0 Å². The fraction of sp³-hybridized carbons (Fsp3) is 0.0851. The Labute approximate surface area is 306 Å². The van der Waals surface area contributed by atoms with Crippen molar-refractivity contribution in [3.8, 4) is 5.69 Å². The summed E-state index contributed by atoms with van der Waals surface area (Å²) in [4.78, 5) is 7.87. The number of thioether (sulfide) groups is 1. The molecule has 0 saturated heterocycles. The third-order valence-electron chi connectivity index (χ3n) is 11.1. The Morgan fingerprint density at radius 3 is 2.13 bits per heavy atom. The zero-order chi connectivity index (χ0) is 34.3. The van der Waals surface area contributed by atoms with Crippen LogP contribution in [0.3, 0.4) is 0 Å². The summed E-state index contributed by atoms with van der Waals surface area (Å²) in [6.07, 6.45) is 8.49. The summed E-state index contributed by atoms with van der Waals surface area (Å²) < 4.78 is 4.73. The molecule has 0 spiro atoms. The second-order valence-electron chi connectivity index (χ2n) is 14.0. The van der Waals surface area contributed by atoms with E-state index in [1.165, 1.54) is 59.1 Å². The van der Waals surface area contributed by atoms with Crippen molar-refractivity contribution in [1.82, 2.24) is 14.5 Å². The lowest BCUT2D eigenvalue weighted by molar-refractivity contribution is 0.510. The number of para-hydroxylation sites is 3. The van der Waals surface area contributed by atoms with Gasteiger partial charge < -0.3 is 14.5 Å². The van der Waals surface area contributed by atoms with E-state index in [-0.39, 0.29) is 6.29 Å². The van der Waals surface area contributed by atoms with E-state index >= 15 is 0 Å². The second kappa shape index (κ2) is 11.5. The predicted octanol–water partition coefficient (Wildman–Crippen LogP) is 11.9. The average molecular weight is 687 g/mol. The molecule has 4 heterocycles. The molecule has 0 saturated carbocycles. The van der Waals surface area contributed by atoms with Gasteiger partial charge in [0.2, 0.25) is 6.29 Å². The summed E-state index contributed by atoms with van der Waals surface area (Å²) in [6, 6.07) is 50.8. The Balaban J connectivity index is 0.984. The smallest absolute Gasteiger partial charge is 0.200 e. The van der Waals surface area contributed by atoms with Crippen LogP contribution in [0.2, 0.25) is 0 Å². The molecule has 3 atom stereocenters. The molecule has 1 N–H and O–H groups in total. The lowest BCUT2D eigenvalue weighted by Crippen LogP contribution is -2.26. The van der Waals surface area contributed by atoms with Gasteiger partial charge in [-0.3, -0.25) is 0 Å². The van der Waals surface area contributed by atoms with Gasteiger partial charge >= 0.3 is 0 Å². The Hall–Kier alpha value is -6.04. The quantitative estimate of drug-likeness (QED) is 0.200. The molecule has 0 amide bonds. The highest BCUT2D eigenvalue weighted by atomic mass is 32.2. The first-order chi connectivity index (χ1) is 25.7. The molecule has 52 heavy (non-hydrogen) atoms. The highest BCUT2D eigenvalue weighted by Crippen LogP contribution is 2.56. The zero-order valence-electron chi connectivity index (χ0n) is 28.6. The molecular weight excluding hydrogens is 653 g/mol. The summed E-state index contributed by atoms with van der Waals surface area (Å²) in [5.74, 6) is 0.887. The normalized spacial score (nSPS) is 19.4. The maximum absolute atomic E-state index is 5.01. The van der Waals surface area contributed by atoms with Crippen LogP contribution in [0, 0.1) is 5.92 Å². The number of hydrogen-bond acceptors (Lipinski definition) is 3. The minimum Gasteiger partial charge on any atom is -0.346 e. The fourth-order valence-electron chi connectivity index (χ4n) is 8.76. The molecule has 5 heteroatoms. The number of benzene rings is 6. The van der Waals surface area contributed by atoms with Crippen molar-refractivity contribution in [3.63, 3.8) is 0 Å². The van der Waals surface area contributed by atoms with Gasteiger partial charge in [0, 0.05) is 54.9 Å². The van der Waals surface area contributed by atoms with Crippen LogP contribution in [0.4, 0.5) is 0 Å². The molecule has 1 aliphatic carbocycles. The van der Waals surface area contributed by atoms with E-state index in [9.17, 15) is 0 Å². The number of rotatable bonds is 4. The Morgan fingerprint density at radius 1 is 0.635 bits per heavy atom. The fourth-order valence-corrected chi connectivity index (χ4v) is 10.2. The molecule has 0 bridgehead atoms. The minimum absolute atomic E-state index is 0.299. The van der Waals surface area contributed by atoms with E-state index in [1.54, 1.807) is 0 Å². The minimum atomic E-state index is -0.299. The molecule has 3 aliphatic rings. The molecule has 248 valence electrons. The van der Waals surface area contributed by atoms with Crippen LogP contribution in [0.25, 0.3) is 60.6 Å². The van der Waals surface area contributed by atoms with Gasteiger partial charge in [0.05, 0.1) is 22.1 Å². The van der Waals surface area contributed by atoms with Crippen LogP contribution in [0.15, 0.2) is 173 Å². The van der Waals surface area contributed by atoms with Crippen molar-refractivity contribution >= 4 is 72.9 Å². The predicted molar refractivity (Wildman–Crippen MR) is 219 cm³/mol. The summed E-state index contributed by atoms with van der Waals surface area (Å²) >= 11 is 1.95. The van der Waals surface area contributed by atoms with E-state index in [1.807, 2.05) is 18.0 Å². The maximum Gasteiger partial charge on any atom is 0.200 e. The first-order valence-electron chi connectivity index (χ1n) is 18.0. The number of allylic oxidation sites excluding steroid dienone is 5. The molecule has 3 unspecified atom stereocenters. The number of nitrogens with zero attached hydrogens (tertiary/aromatic N) is 3. The molecular formula is C47H34N4S. The summed E-state index contributed by atoms with van der Waals surface area (Å²) in [5.41, 5.74) is 12.1. The van der Waals surface area contributed by atoms with Gasteiger partial charge in [-0.2, -0.15) is 0 Å². The summed E-state index contributed by atoms with van der Waals surface area (Å²) in [5, 5.41) is 8.82. The van der Waals surface area contributed by atoms with Gasteiger partial charge in [-0.25, -0.2) is 4.99 Å². The van der Waals surface area contributed by atoms with Crippen LogP contribution in [0.5, 0.6) is 0 Å². The number of nitrogens with one attached hydrogen (secondary N) is 1. The highest BCUT2D eigenvalue weighted by molar-refractivity contribution is 8.03. The number of aromatic nitrogens is 2. The lowest BCUT2D eigenvalue weighted by atomic mass is 9.80. The largest absolute Gasteiger partial charge is 0.346 e. The number of hydrogen-bond donors (Lipinski definition) is 1. The molecule has 2 aliphatic heterocycles. The van der Waals surface area contributed by atoms with Crippen molar-refractivity contribution in [2.24, 2.45) is 10.9 Å². The van der Waals surface area contributed by atoms with Crippen LogP contribution in [-0.4, -0.2) is 15.3 Å². The third-order valence-corrected chi connectivity index (χ3v) is 12.4. The van der Waals surface area contributed by atoms with Crippen molar-refractivity contribution < 1.29 is 0 Å². The number of fused-ring (bicyclic) bond motifs is 9. The topological polar surface area (TPSA) is 34.2 Å². The Kier molecular flexibility index (Phi) is 6.56. The second-order valence-corrected chi connectivity index (χ2v) is 15.1. The van der Waals surface area contributed by atoms with E-state index in [4.69, 9.17) is 4.99 Å². The summed E-state index contributed by atoms with van der Waals surface area (Å²) in [7, 11) is 0. The maximum atomic E-state index is 5.01. The zero-order valence-corrected chi connectivity index (χ0v) is 29.4.